The summed E-state index contributed by atoms with van der Waals surface area (Å²) in [6.07, 6.45) is 0.834. The molecular formula is C16H14F2N2S2. The van der Waals surface area contributed by atoms with Gasteiger partial charge in [0.25, 0.3) is 0 Å². The second-order valence-electron chi connectivity index (χ2n) is 4.95. The number of benzene rings is 2. The Morgan fingerprint density at radius 2 is 2.00 bits per heavy atom. The number of halogens is 2. The number of thioether (sulfide) groups is 1. The molecule has 22 heavy (non-hydrogen) atoms. The van der Waals surface area contributed by atoms with Crippen molar-refractivity contribution in [2.75, 3.05) is 11.1 Å². The molecule has 114 valence electrons. The minimum Gasteiger partial charge on any atom is -0.356 e. The predicted octanol–water partition coefficient (Wildman–Crippen LogP) is 4.49. The zero-order valence-electron chi connectivity index (χ0n) is 11.6. The summed E-state index contributed by atoms with van der Waals surface area (Å²) in [5.41, 5.74) is 1.22. The van der Waals surface area contributed by atoms with Crippen LogP contribution in [0.1, 0.15) is 18.0 Å². The molecule has 2 aromatic carbocycles. The highest BCUT2D eigenvalue weighted by molar-refractivity contribution is 7.99. The molecule has 1 aliphatic rings. The summed E-state index contributed by atoms with van der Waals surface area (Å²) < 4.78 is 27.1. The number of rotatable bonds is 2. The molecule has 0 amide bonds. The first kappa shape index (κ1) is 15.2. The minimum absolute atomic E-state index is 0.0706. The summed E-state index contributed by atoms with van der Waals surface area (Å²) in [5.74, 6) is 0.303. The highest BCUT2D eigenvalue weighted by Gasteiger charge is 2.22. The lowest BCUT2D eigenvalue weighted by Crippen LogP contribution is -2.34. The molecule has 0 saturated carbocycles. The number of hydrogen-bond acceptors (Lipinski definition) is 2. The van der Waals surface area contributed by atoms with E-state index in [-0.39, 0.29) is 17.7 Å². The number of thiocarbonyl (C=S) groups is 1. The molecule has 2 nitrogen and oxygen atoms in total. The SMILES string of the molecule is Fc1ccc2c(c1)[C@@H](NC(=S)Nc1ccccc1F)CCS2. The molecule has 0 aliphatic carbocycles. The van der Waals surface area contributed by atoms with Crippen molar-refractivity contribution in [3.63, 3.8) is 0 Å². The Morgan fingerprint density at radius 3 is 2.82 bits per heavy atom. The number of para-hydroxylation sites is 1. The fourth-order valence-corrected chi connectivity index (χ4v) is 3.75. The van der Waals surface area contributed by atoms with Gasteiger partial charge in [-0.3, -0.25) is 0 Å². The third kappa shape index (κ3) is 3.39. The minimum atomic E-state index is -0.364. The lowest BCUT2D eigenvalue weighted by Gasteiger charge is -2.27. The molecular weight excluding hydrogens is 322 g/mol. The first-order chi connectivity index (χ1) is 10.6. The molecule has 0 fully saturated rings. The van der Waals surface area contributed by atoms with Gasteiger partial charge in [0.15, 0.2) is 5.11 Å². The molecule has 0 radical (unpaired) electrons. The van der Waals surface area contributed by atoms with E-state index in [0.29, 0.717) is 10.8 Å². The van der Waals surface area contributed by atoms with Crippen LogP contribution in [0.25, 0.3) is 0 Å². The zero-order valence-corrected chi connectivity index (χ0v) is 13.2. The van der Waals surface area contributed by atoms with Crippen LogP contribution in [0.5, 0.6) is 0 Å². The van der Waals surface area contributed by atoms with Gasteiger partial charge < -0.3 is 10.6 Å². The number of nitrogens with one attached hydrogen (secondary N) is 2. The van der Waals surface area contributed by atoms with E-state index in [1.165, 1.54) is 18.2 Å². The Hall–Kier alpha value is -1.66. The number of fused-ring (bicyclic) bond motifs is 1. The van der Waals surface area contributed by atoms with Crippen LogP contribution in [0, 0.1) is 11.6 Å². The van der Waals surface area contributed by atoms with Gasteiger partial charge in [0, 0.05) is 10.6 Å². The Balaban J connectivity index is 1.73. The van der Waals surface area contributed by atoms with E-state index in [9.17, 15) is 8.78 Å². The van der Waals surface area contributed by atoms with Crippen molar-refractivity contribution in [1.29, 1.82) is 0 Å². The van der Waals surface area contributed by atoms with Crippen molar-refractivity contribution in [1.82, 2.24) is 5.32 Å². The van der Waals surface area contributed by atoms with Crippen LogP contribution < -0.4 is 10.6 Å². The first-order valence-corrected chi connectivity index (χ1v) is 8.27. The standard InChI is InChI=1S/C16H14F2N2S2/c17-10-5-6-15-11(9-10)13(7-8-22-15)19-16(21)20-14-4-2-1-3-12(14)18/h1-6,9,13H,7-8H2,(H2,19,20,21)/t13-/m0/s1. The van der Waals surface area contributed by atoms with E-state index in [1.807, 2.05) is 0 Å². The highest BCUT2D eigenvalue weighted by atomic mass is 32.2. The Morgan fingerprint density at radius 1 is 1.18 bits per heavy atom. The third-order valence-corrected chi connectivity index (χ3v) is 4.78. The molecule has 2 aromatic rings. The summed E-state index contributed by atoms with van der Waals surface area (Å²) >= 11 is 6.95. The largest absolute Gasteiger partial charge is 0.356 e. The van der Waals surface area contributed by atoms with Gasteiger partial charge in [-0.05, 0) is 54.5 Å². The molecule has 1 heterocycles. The van der Waals surface area contributed by atoms with Crippen molar-refractivity contribution in [3.05, 3.63) is 59.7 Å². The summed E-state index contributed by atoms with van der Waals surface area (Å²) in [7, 11) is 0. The van der Waals surface area contributed by atoms with Gasteiger partial charge in [-0.2, -0.15) is 0 Å². The second-order valence-corrected chi connectivity index (χ2v) is 6.50. The smallest absolute Gasteiger partial charge is 0.171 e. The summed E-state index contributed by atoms with van der Waals surface area (Å²) in [6.45, 7) is 0. The van der Waals surface area contributed by atoms with Crippen molar-refractivity contribution in [2.24, 2.45) is 0 Å². The van der Waals surface area contributed by atoms with Crippen LogP contribution in [-0.2, 0) is 0 Å². The number of anilines is 1. The van der Waals surface area contributed by atoms with Gasteiger partial charge in [0.05, 0.1) is 11.7 Å². The second kappa shape index (κ2) is 6.62. The van der Waals surface area contributed by atoms with Gasteiger partial charge in [0.1, 0.15) is 11.6 Å². The van der Waals surface area contributed by atoms with Gasteiger partial charge in [-0.15, -0.1) is 11.8 Å². The molecule has 0 aromatic heterocycles. The predicted molar refractivity (Wildman–Crippen MR) is 90.2 cm³/mol. The van der Waals surface area contributed by atoms with E-state index in [2.05, 4.69) is 10.6 Å². The van der Waals surface area contributed by atoms with Crippen LogP contribution in [0.3, 0.4) is 0 Å². The van der Waals surface area contributed by atoms with E-state index >= 15 is 0 Å². The van der Waals surface area contributed by atoms with Gasteiger partial charge in [0.2, 0.25) is 0 Å². The fraction of sp³-hybridized carbons (Fsp3) is 0.188. The monoisotopic (exact) mass is 336 g/mol. The van der Waals surface area contributed by atoms with Crippen molar-refractivity contribution < 1.29 is 8.78 Å². The van der Waals surface area contributed by atoms with E-state index in [4.69, 9.17) is 12.2 Å². The summed E-state index contributed by atoms with van der Waals surface area (Å²) in [6, 6.07) is 11.1. The van der Waals surface area contributed by atoms with Crippen molar-refractivity contribution in [2.45, 2.75) is 17.4 Å². The Bertz CT molecular complexity index is 706. The molecule has 2 N–H and O–H groups in total. The van der Waals surface area contributed by atoms with Crippen LogP contribution >= 0.6 is 24.0 Å². The topological polar surface area (TPSA) is 24.1 Å². The molecule has 0 spiro atoms. The highest BCUT2D eigenvalue weighted by Crippen LogP contribution is 2.36. The van der Waals surface area contributed by atoms with Crippen LogP contribution in [0.15, 0.2) is 47.4 Å². The van der Waals surface area contributed by atoms with E-state index in [0.717, 1.165) is 22.6 Å². The Kier molecular flexibility index (Phi) is 4.59. The normalized spacial score (nSPS) is 16.7. The third-order valence-electron chi connectivity index (χ3n) is 3.44. The molecule has 3 rings (SSSR count). The van der Waals surface area contributed by atoms with E-state index < -0.39 is 0 Å². The summed E-state index contributed by atoms with van der Waals surface area (Å²) in [4.78, 5) is 1.05. The maximum Gasteiger partial charge on any atom is 0.171 e. The molecule has 0 bridgehead atoms. The van der Waals surface area contributed by atoms with Gasteiger partial charge in [-0.1, -0.05) is 12.1 Å². The molecule has 0 saturated heterocycles. The average molecular weight is 336 g/mol. The summed E-state index contributed by atoms with van der Waals surface area (Å²) in [5, 5.41) is 6.33. The van der Waals surface area contributed by atoms with Crippen LogP contribution in [0.2, 0.25) is 0 Å². The molecule has 1 atom stereocenters. The van der Waals surface area contributed by atoms with Crippen LogP contribution in [0.4, 0.5) is 14.5 Å². The lowest BCUT2D eigenvalue weighted by atomic mass is 10.0. The lowest BCUT2D eigenvalue weighted by molar-refractivity contribution is 0.587. The van der Waals surface area contributed by atoms with Crippen molar-refractivity contribution in [3.8, 4) is 0 Å². The van der Waals surface area contributed by atoms with Crippen LogP contribution in [-0.4, -0.2) is 10.9 Å². The quantitative estimate of drug-likeness (QED) is 0.789. The molecule has 1 aliphatic heterocycles. The molecule has 0 unspecified atom stereocenters. The first-order valence-electron chi connectivity index (χ1n) is 6.88. The van der Waals surface area contributed by atoms with Crippen molar-refractivity contribution >= 4 is 34.8 Å². The van der Waals surface area contributed by atoms with Gasteiger partial charge in [-0.25, -0.2) is 8.78 Å². The number of hydrogen-bond donors (Lipinski definition) is 2. The maximum absolute atomic E-state index is 13.6. The fourth-order valence-electron chi connectivity index (χ4n) is 2.39. The maximum atomic E-state index is 13.6. The van der Waals surface area contributed by atoms with Gasteiger partial charge >= 0.3 is 0 Å². The zero-order chi connectivity index (χ0) is 15.5. The van der Waals surface area contributed by atoms with E-state index in [1.54, 1.807) is 36.0 Å². The average Bonchev–Trinajstić information content (AvgIpc) is 2.50. The Labute approximate surface area is 137 Å². The molecule has 6 heteroatoms.